The molecule has 0 saturated carbocycles. The van der Waals surface area contributed by atoms with Gasteiger partial charge in [-0.2, -0.15) is 0 Å². The van der Waals surface area contributed by atoms with Gasteiger partial charge in [-0.05, 0) is 36.8 Å². The third-order valence-corrected chi connectivity index (χ3v) is 2.80. The lowest BCUT2D eigenvalue weighted by Gasteiger charge is -2.11. The first-order valence-electron chi connectivity index (χ1n) is 6.42. The first-order chi connectivity index (χ1) is 10.1. The molecule has 0 radical (unpaired) electrons. The van der Waals surface area contributed by atoms with E-state index in [9.17, 15) is 9.18 Å². The standard InChI is InChI=1S/C16H15FO4/c1-11-6-7-12(16(18)19)15(10-11)21-9-8-20-14-5-3-2-4-13(14)17/h2-7,10H,8-9H2,1H3,(H,18,19). The molecule has 0 atom stereocenters. The molecule has 0 fully saturated rings. The van der Waals surface area contributed by atoms with Gasteiger partial charge in [0.15, 0.2) is 11.6 Å². The number of aryl methyl sites for hydroxylation is 1. The zero-order valence-corrected chi connectivity index (χ0v) is 11.5. The predicted molar refractivity (Wildman–Crippen MR) is 75.5 cm³/mol. The highest BCUT2D eigenvalue weighted by Crippen LogP contribution is 2.20. The molecule has 0 aliphatic rings. The van der Waals surface area contributed by atoms with Crippen LogP contribution in [-0.2, 0) is 0 Å². The van der Waals surface area contributed by atoms with Crippen molar-refractivity contribution in [3.8, 4) is 11.5 Å². The van der Waals surface area contributed by atoms with Gasteiger partial charge in [-0.15, -0.1) is 0 Å². The highest BCUT2D eigenvalue weighted by Gasteiger charge is 2.11. The van der Waals surface area contributed by atoms with Gasteiger partial charge in [-0.3, -0.25) is 0 Å². The van der Waals surface area contributed by atoms with Gasteiger partial charge in [-0.25, -0.2) is 9.18 Å². The van der Waals surface area contributed by atoms with Gasteiger partial charge in [-0.1, -0.05) is 18.2 Å². The number of carbonyl (C=O) groups is 1. The minimum atomic E-state index is -1.06. The van der Waals surface area contributed by atoms with Gasteiger partial charge in [0, 0.05) is 0 Å². The lowest BCUT2D eigenvalue weighted by atomic mass is 10.1. The molecule has 0 heterocycles. The highest BCUT2D eigenvalue weighted by molar-refractivity contribution is 5.90. The van der Waals surface area contributed by atoms with Crippen molar-refractivity contribution in [3.05, 3.63) is 59.4 Å². The van der Waals surface area contributed by atoms with Crippen LogP contribution in [0.4, 0.5) is 4.39 Å². The average molecular weight is 290 g/mol. The summed E-state index contributed by atoms with van der Waals surface area (Å²) >= 11 is 0. The number of hydrogen-bond donors (Lipinski definition) is 1. The lowest BCUT2D eigenvalue weighted by Crippen LogP contribution is -2.12. The van der Waals surface area contributed by atoms with Crippen LogP contribution >= 0.6 is 0 Å². The predicted octanol–water partition coefficient (Wildman–Crippen LogP) is 3.29. The van der Waals surface area contributed by atoms with Gasteiger partial charge in [0.2, 0.25) is 0 Å². The van der Waals surface area contributed by atoms with E-state index in [1.165, 1.54) is 18.2 Å². The lowest BCUT2D eigenvalue weighted by molar-refractivity contribution is 0.0691. The molecule has 0 saturated heterocycles. The molecule has 0 bridgehead atoms. The Balaban J connectivity index is 1.93. The number of carboxylic acids is 1. The Bertz CT molecular complexity index is 640. The number of ether oxygens (including phenoxy) is 2. The summed E-state index contributed by atoms with van der Waals surface area (Å²) in [6.07, 6.45) is 0. The minimum absolute atomic E-state index is 0.0893. The van der Waals surface area contributed by atoms with Crippen molar-refractivity contribution in [2.45, 2.75) is 6.92 Å². The van der Waals surface area contributed by atoms with Crippen LogP contribution in [0, 0.1) is 12.7 Å². The Morgan fingerprint density at radius 2 is 1.76 bits per heavy atom. The SMILES string of the molecule is Cc1ccc(C(=O)O)c(OCCOc2ccccc2F)c1. The van der Waals surface area contributed by atoms with Gasteiger partial charge >= 0.3 is 5.97 Å². The van der Waals surface area contributed by atoms with Crippen molar-refractivity contribution < 1.29 is 23.8 Å². The van der Waals surface area contributed by atoms with Crippen LogP contribution in [-0.4, -0.2) is 24.3 Å². The third kappa shape index (κ3) is 3.95. The van der Waals surface area contributed by atoms with Crippen molar-refractivity contribution >= 4 is 5.97 Å². The number of carboxylic acid groups (broad SMARTS) is 1. The van der Waals surface area contributed by atoms with Crippen LogP contribution in [0.15, 0.2) is 42.5 Å². The van der Waals surface area contributed by atoms with E-state index in [1.807, 2.05) is 6.92 Å². The topological polar surface area (TPSA) is 55.8 Å². The normalized spacial score (nSPS) is 10.2. The zero-order valence-electron chi connectivity index (χ0n) is 11.5. The molecule has 5 heteroatoms. The second-order valence-electron chi connectivity index (χ2n) is 4.43. The molecule has 110 valence electrons. The van der Waals surface area contributed by atoms with E-state index < -0.39 is 11.8 Å². The molecule has 0 aliphatic heterocycles. The summed E-state index contributed by atoms with van der Waals surface area (Å²) < 4.78 is 24.0. The van der Waals surface area contributed by atoms with E-state index in [4.69, 9.17) is 14.6 Å². The molecular weight excluding hydrogens is 275 g/mol. The maximum Gasteiger partial charge on any atom is 0.339 e. The summed E-state index contributed by atoms with van der Waals surface area (Å²) in [7, 11) is 0. The quantitative estimate of drug-likeness (QED) is 0.829. The summed E-state index contributed by atoms with van der Waals surface area (Å²) in [5.74, 6) is -1.08. The Hall–Kier alpha value is -2.56. The molecule has 21 heavy (non-hydrogen) atoms. The highest BCUT2D eigenvalue weighted by atomic mass is 19.1. The zero-order chi connectivity index (χ0) is 15.2. The van der Waals surface area contributed by atoms with Crippen LogP contribution in [0.1, 0.15) is 15.9 Å². The van der Waals surface area contributed by atoms with Crippen LogP contribution in [0.5, 0.6) is 11.5 Å². The Kier molecular flexibility index (Phi) is 4.77. The fourth-order valence-corrected chi connectivity index (χ4v) is 1.79. The Morgan fingerprint density at radius 1 is 1.10 bits per heavy atom. The van der Waals surface area contributed by atoms with Crippen molar-refractivity contribution in [1.82, 2.24) is 0 Å². The van der Waals surface area contributed by atoms with Crippen molar-refractivity contribution in [1.29, 1.82) is 0 Å². The van der Waals surface area contributed by atoms with Crippen LogP contribution < -0.4 is 9.47 Å². The summed E-state index contributed by atoms with van der Waals surface area (Å²) in [5.41, 5.74) is 0.983. The Morgan fingerprint density at radius 3 is 2.43 bits per heavy atom. The number of para-hydroxylation sites is 1. The number of benzene rings is 2. The fourth-order valence-electron chi connectivity index (χ4n) is 1.79. The summed E-state index contributed by atoms with van der Waals surface area (Å²) in [4.78, 5) is 11.1. The van der Waals surface area contributed by atoms with Gasteiger partial charge in [0.25, 0.3) is 0 Å². The van der Waals surface area contributed by atoms with Crippen molar-refractivity contribution in [2.75, 3.05) is 13.2 Å². The fraction of sp³-hybridized carbons (Fsp3) is 0.188. The average Bonchev–Trinajstić information content (AvgIpc) is 2.45. The first-order valence-corrected chi connectivity index (χ1v) is 6.42. The molecule has 0 spiro atoms. The first kappa shape index (κ1) is 14.8. The van der Waals surface area contributed by atoms with Gasteiger partial charge in [0.05, 0.1) is 0 Å². The third-order valence-electron chi connectivity index (χ3n) is 2.80. The second-order valence-corrected chi connectivity index (χ2v) is 4.43. The molecule has 0 amide bonds. The monoisotopic (exact) mass is 290 g/mol. The minimum Gasteiger partial charge on any atom is -0.489 e. The van der Waals surface area contributed by atoms with Gasteiger partial charge < -0.3 is 14.6 Å². The summed E-state index contributed by atoms with van der Waals surface area (Å²) in [5, 5.41) is 9.07. The smallest absolute Gasteiger partial charge is 0.339 e. The van der Waals surface area contributed by atoms with E-state index in [-0.39, 0.29) is 30.3 Å². The maximum atomic E-state index is 13.3. The number of halogens is 1. The second kappa shape index (κ2) is 6.74. The maximum absolute atomic E-state index is 13.3. The van der Waals surface area contributed by atoms with E-state index in [0.29, 0.717) is 0 Å². The summed E-state index contributed by atoms with van der Waals surface area (Å²) in [6.45, 7) is 2.08. The molecule has 2 aromatic rings. The molecule has 1 N–H and O–H groups in total. The van der Waals surface area contributed by atoms with Gasteiger partial charge in [0.1, 0.15) is 24.5 Å². The summed E-state index contributed by atoms with van der Waals surface area (Å²) in [6, 6.07) is 10.9. The van der Waals surface area contributed by atoms with Crippen molar-refractivity contribution in [2.24, 2.45) is 0 Å². The molecular formula is C16H15FO4. The van der Waals surface area contributed by atoms with E-state index in [0.717, 1.165) is 5.56 Å². The van der Waals surface area contributed by atoms with Crippen LogP contribution in [0.2, 0.25) is 0 Å². The van der Waals surface area contributed by atoms with E-state index >= 15 is 0 Å². The molecule has 0 aromatic heterocycles. The Labute approximate surface area is 121 Å². The molecule has 0 unspecified atom stereocenters. The van der Waals surface area contributed by atoms with Crippen molar-refractivity contribution in [3.63, 3.8) is 0 Å². The van der Waals surface area contributed by atoms with Crippen LogP contribution in [0.3, 0.4) is 0 Å². The number of rotatable bonds is 6. The number of aromatic carboxylic acids is 1. The largest absolute Gasteiger partial charge is 0.489 e. The molecule has 0 aliphatic carbocycles. The molecule has 2 aromatic carbocycles. The van der Waals surface area contributed by atoms with E-state index in [2.05, 4.69) is 0 Å². The van der Waals surface area contributed by atoms with E-state index in [1.54, 1.807) is 24.3 Å². The van der Waals surface area contributed by atoms with Crippen LogP contribution in [0.25, 0.3) is 0 Å². The molecule has 2 rings (SSSR count). The molecule has 4 nitrogen and oxygen atoms in total. The number of hydrogen-bond acceptors (Lipinski definition) is 3.